The number of rotatable bonds is 3. The monoisotopic (exact) mass is 182 g/mol. The van der Waals surface area contributed by atoms with E-state index in [9.17, 15) is 10.2 Å². The van der Waals surface area contributed by atoms with Crippen molar-refractivity contribution in [3.05, 3.63) is 29.8 Å². The van der Waals surface area contributed by atoms with Crippen LogP contribution in [0.1, 0.15) is 25.0 Å². The van der Waals surface area contributed by atoms with Crippen LogP contribution in [-0.4, -0.2) is 21.4 Å². The average Bonchev–Trinajstić information content (AvgIpc) is 2.17. The van der Waals surface area contributed by atoms with E-state index >= 15 is 0 Å². The number of aliphatic hydroxyl groups excluding tert-OH is 2. The lowest BCUT2D eigenvalue weighted by molar-refractivity contribution is 0.0164. The molecule has 3 nitrogen and oxygen atoms in total. The smallest absolute Gasteiger partial charge is 0.115 e. The minimum Gasteiger partial charge on any atom is -0.508 e. The molecule has 13 heavy (non-hydrogen) atoms. The maximum atomic E-state index is 9.55. The number of aliphatic hydroxyl groups is 2. The molecule has 3 heteroatoms. The molecule has 0 radical (unpaired) electrons. The second-order valence-corrected chi connectivity index (χ2v) is 3.01. The van der Waals surface area contributed by atoms with E-state index in [1.165, 1.54) is 12.1 Å². The van der Waals surface area contributed by atoms with Crippen LogP contribution in [0.15, 0.2) is 24.3 Å². The van der Waals surface area contributed by atoms with Crippen LogP contribution < -0.4 is 0 Å². The summed E-state index contributed by atoms with van der Waals surface area (Å²) in [6.45, 7) is 1.80. The van der Waals surface area contributed by atoms with Gasteiger partial charge in [-0.15, -0.1) is 0 Å². The molecule has 2 atom stereocenters. The van der Waals surface area contributed by atoms with E-state index in [0.29, 0.717) is 12.0 Å². The van der Waals surface area contributed by atoms with Gasteiger partial charge in [0.2, 0.25) is 0 Å². The molecule has 0 saturated carbocycles. The fourth-order valence-corrected chi connectivity index (χ4v) is 1.12. The molecule has 1 aromatic carbocycles. The Morgan fingerprint density at radius 2 is 1.69 bits per heavy atom. The highest BCUT2D eigenvalue weighted by molar-refractivity contribution is 5.27. The lowest BCUT2D eigenvalue weighted by Crippen LogP contribution is -2.16. The highest BCUT2D eigenvalue weighted by Gasteiger charge is 2.15. The molecular weight excluding hydrogens is 168 g/mol. The summed E-state index contributed by atoms with van der Waals surface area (Å²) in [6.07, 6.45) is -1.11. The van der Waals surface area contributed by atoms with Crippen molar-refractivity contribution in [2.45, 2.75) is 25.6 Å². The fourth-order valence-electron chi connectivity index (χ4n) is 1.12. The second-order valence-electron chi connectivity index (χ2n) is 3.01. The number of phenols is 1. The van der Waals surface area contributed by atoms with Crippen molar-refractivity contribution < 1.29 is 15.3 Å². The van der Waals surface area contributed by atoms with E-state index in [2.05, 4.69) is 0 Å². The third kappa shape index (κ3) is 2.44. The standard InChI is InChI=1S/C10H14O3/c1-2-9(12)10(13)7-3-5-8(11)6-4-7/h3-6,9-13H,2H2,1H3. The highest BCUT2D eigenvalue weighted by Crippen LogP contribution is 2.20. The van der Waals surface area contributed by atoms with Crippen molar-refractivity contribution in [3.8, 4) is 5.75 Å². The summed E-state index contributed by atoms with van der Waals surface area (Å²) < 4.78 is 0. The maximum Gasteiger partial charge on any atom is 0.115 e. The molecule has 2 unspecified atom stereocenters. The highest BCUT2D eigenvalue weighted by atomic mass is 16.3. The van der Waals surface area contributed by atoms with Crippen LogP contribution in [0.4, 0.5) is 0 Å². The van der Waals surface area contributed by atoms with Crippen LogP contribution in [0.3, 0.4) is 0 Å². The van der Waals surface area contributed by atoms with Gasteiger partial charge >= 0.3 is 0 Å². The summed E-state index contributed by atoms with van der Waals surface area (Å²) in [5.41, 5.74) is 0.618. The van der Waals surface area contributed by atoms with Gasteiger partial charge in [0.15, 0.2) is 0 Å². The molecule has 0 aliphatic carbocycles. The Morgan fingerprint density at radius 3 is 2.15 bits per heavy atom. The zero-order chi connectivity index (χ0) is 9.84. The van der Waals surface area contributed by atoms with Gasteiger partial charge in [0.25, 0.3) is 0 Å². The zero-order valence-corrected chi connectivity index (χ0v) is 7.51. The molecule has 0 bridgehead atoms. The molecule has 0 aliphatic heterocycles. The first-order chi connectivity index (χ1) is 6.15. The van der Waals surface area contributed by atoms with Crippen molar-refractivity contribution in [2.24, 2.45) is 0 Å². The maximum absolute atomic E-state index is 9.55. The number of hydrogen-bond acceptors (Lipinski definition) is 3. The van der Waals surface area contributed by atoms with Gasteiger partial charge in [0.05, 0.1) is 6.10 Å². The van der Waals surface area contributed by atoms with Gasteiger partial charge in [-0.05, 0) is 24.1 Å². The number of hydrogen-bond donors (Lipinski definition) is 3. The largest absolute Gasteiger partial charge is 0.508 e. The van der Waals surface area contributed by atoms with Crippen molar-refractivity contribution in [2.75, 3.05) is 0 Å². The Balaban J connectivity index is 2.77. The van der Waals surface area contributed by atoms with Crippen LogP contribution >= 0.6 is 0 Å². The Kier molecular flexibility index (Phi) is 3.28. The fraction of sp³-hybridized carbons (Fsp3) is 0.400. The number of aromatic hydroxyl groups is 1. The molecule has 1 rings (SSSR count). The Morgan fingerprint density at radius 1 is 1.15 bits per heavy atom. The summed E-state index contributed by atoms with van der Waals surface area (Å²) in [4.78, 5) is 0. The predicted molar refractivity (Wildman–Crippen MR) is 49.4 cm³/mol. The Labute approximate surface area is 77.3 Å². The number of phenolic OH excluding ortho intramolecular Hbond substituents is 1. The van der Waals surface area contributed by atoms with E-state index in [1.54, 1.807) is 19.1 Å². The van der Waals surface area contributed by atoms with E-state index < -0.39 is 12.2 Å². The molecule has 0 fully saturated rings. The van der Waals surface area contributed by atoms with Crippen molar-refractivity contribution in [1.29, 1.82) is 0 Å². The van der Waals surface area contributed by atoms with Gasteiger partial charge in [-0.25, -0.2) is 0 Å². The lowest BCUT2D eigenvalue weighted by Gasteiger charge is -2.16. The molecule has 0 amide bonds. The Bertz CT molecular complexity index is 255. The van der Waals surface area contributed by atoms with E-state index in [4.69, 9.17) is 5.11 Å². The van der Waals surface area contributed by atoms with Gasteiger partial charge < -0.3 is 15.3 Å². The molecule has 1 aromatic rings. The van der Waals surface area contributed by atoms with E-state index in [-0.39, 0.29) is 5.75 Å². The van der Waals surface area contributed by atoms with Crippen molar-refractivity contribution in [3.63, 3.8) is 0 Å². The normalized spacial score (nSPS) is 15.3. The van der Waals surface area contributed by atoms with E-state index in [1.807, 2.05) is 0 Å². The molecule has 0 aromatic heterocycles. The summed E-state index contributed by atoms with van der Waals surface area (Å²) in [7, 11) is 0. The molecule has 0 aliphatic rings. The topological polar surface area (TPSA) is 60.7 Å². The molecular formula is C10H14O3. The first-order valence-corrected chi connectivity index (χ1v) is 4.30. The quantitative estimate of drug-likeness (QED) is 0.658. The average molecular weight is 182 g/mol. The van der Waals surface area contributed by atoms with Crippen LogP contribution in [-0.2, 0) is 0 Å². The van der Waals surface area contributed by atoms with Crippen LogP contribution in [0.25, 0.3) is 0 Å². The van der Waals surface area contributed by atoms with Gasteiger partial charge in [-0.3, -0.25) is 0 Å². The summed E-state index contributed by atoms with van der Waals surface area (Å²) in [6, 6.07) is 6.17. The van der Waals surface area contributed by atoms with Gasteiger partial charge in [0.1, 0.15) is 11.9 Å². The molecule has 3 N–H and O–H groups in total. The lowest BCUT2D eigenvalue weighted by atomic mass is 10.0. The summed E-state index contributed by atoms with van der Waals surface area (Å²) in [5, 5.41) is 27.9. The minimum atomic E-state index is -0.870. The Hall–Kier alpha value is -1.06. The first-order valence-electron chi connectivity index (χ1n) is 4.30. The zero-order valence-electron chi connectivity index (χ0n) is 7.51. The van der Waals surface area contributed by atoms with Gasteiger partial charge in [0, 0.05) is 0 Å². The molecule has 0 saturated heterocycles. The van der Waals surface area contributed by atoms with E-state index in [0.717, 1.165) is 0 Å². The van der Waals surface area contributed by atoms with Crippen molar-refractivity contribution in [1.82, 2.24) is 0 Å². The van der Waals surface area contributed by atoms with Crippen LogP contribution in [0.2, 0.25) is 0 Å². The van der Waals surface area contributed by atoms with Gasteiger partial charge in [-0.2, -0.15) is 0 Å². The third-order valence-corrected chi connectivity index (χ3v) is 2.02. The molecule has 0 heterocycles. The first kappa shape index (κ1) is 10.0. The van der Waals surface area contributed by atoms with Crippen LogP contribution in [0.5, 0.6) is 5.75 Å². The SMILES string of the molecule is CCC(O)C(O)c1ccc(O)cc1. The number of benzene rings is 1. The summed E-state index contributed by atoms with van der Waals surface area (Å²) >= 11 is 0. The minimum absolute atomic E-state index is 0.155. The van der Waals surface area contributed by atoms with Crippen molar-refractivity contribution >= 4 is 0 Å². The van der Waals surface area contributed by atoms with Crippen LogP contribution in [0, 0.1) is 0 Å². The predicted octanol–water partition coefficient (Wildman–Crippen LogP) is 1.20. The third-order valence-electron chi connectivity index (χ3n) is 2.02. The summed E-state index contributed by atoms with van der Waals surface area (Å²) in [5.74, 6) is 0.155. The second kappa shape index (κ2) is 4.25. The van der Waals surface area contributed by atoms with Gasteiger partial charge in [-0.1, -0.05) is 19.1 Å². The molecule has 72 valence electrons. The molecule has 0 spiro atoms.